The van der Waals surface area contributed by atoms with Crippen LogP contribution in [0.3, 0.4) is 0 Å². The number of carbonyl (C=O) groups is 1. The number of hydrogen-bond donors (Lipinski definition) is 0. The van der Waals surface area contributed by atoms with Crippen LogP contribution < -0.4 is 0 Å². The van der Waals surface area contributed by atoms with Crippen molar-refractivity contribution in [2.24, 2.45) is 40.4 Å². The van der Waals surface area contributed by atoms with Gasteiger partial charge in [-0.05, 0) is 119 Å². The van der Waals surface area contributed by atoms with Crippen LogP contribution in [-0.4, -0.2) is 48.9 Å². The number of carbonyl (C=O) groups excluding carboxylic acids is 1. The highest BCUT2D eigenvalue weighted by atomic mass is 16.2. The molecule has 9 atom stereocenters. The van der Waals surface area contributed by atoms with E-state index >= 15 is 0 Å². The summed E-state index contributed by atoms with van der Waals surface area (Å²) in [6.07, 6.45) is 12.7. The Labute approximate surface area is 180 Å². The Morgan fingerprint density at radius 2 is 1.55 bits per heavy atom. The van der Waals surface area contributed by atoms with Gasteiger partial charge in [0, 0.05) is 26.1 Å². The molecule has 6 unspecified atom stereocenters. The van der Waals surface area contributed by atoms with Crippen molar-refractivity contribution in [3.63, 3.8) is 0 Å². The maximum absolute atomic E-state index is 12.0. The molecule has 4 saturated carbocycles. The fourth-order valence-corrected chi connectivity index (χ4v) is 9.09. The molecule has 0 aromatic heterocycles. The van der Waals surface area contributed by atoms with E-state index in [0.29, 0.717) is 22.8 Å². The Morgan fingerprint density at radius 3 is 2.21 bits per heavy atom. The van der Waals surface area contributed by atoms with Crippen LogP contribution in [0.25, 0.3) is 0 Å². The maximum atomic E-state index is 12.0. The van der Waals surface area contributed by atoms with Gasteiger partial charge in [0.05, 0.1) is 0 Å². The first-order valence-corrected chi connectivity index (χ1v) is 12.5. The second kappa shape index (κ2) is 7.53. The third kappa shape index (κ3) is 3.29. The first kappa shape index (κ1) is 21.7. The molecule has 166 valence electrons. The lowest BCUT2D eigenvalue weighted by atomic mass is 9.44. The Morgan fingerprint density at radius 1 is 0.897 bits per heavy atom. The first-order chi connectivity index (χ1) is 13.6. The molecule has 4 aliphatic rings. The Bertz CT molecular complexity index is 632. The van der Waals surface area contributed by atoms with Gasteiger partial charge in [-0.3, -0.25) is 4.79 Å². The summed E-state index contributed by atoms with van der Waals surface area (Å²) in [5, 5.41) is 0. The van der Waals surface area contributed by atoms with E-state index in [0.717, 1.165) is 29.7 Å². The van der Waals surface area contributed by atoms with Crippen molar-refractivity contribution < 1.29 is 4.79 Å². The summed E-state index contributed by atoms with van der Waals surface area (Å²) in [7, 11) is 6.58. The quantitative estimate of drug-likeness (QED) is 0.627. The fraction of sp³-hybridized carbons (Fsp3) is 0.962. The number of rotatable bonds is 3. The van der Waals surface area contributed by atoms with E-state index in [1.54, 1.807) is 6.92 Å². The van der Waals surface area contributed by atoms with Crippen LogP contribution in [-0.2, 0) is 4.79 Å². The van der Waals surface area contributed by atoms with Crippen LogP contribution in [0.4, 0.5) is 0 Å². The monoisotopic (exact) mass is 402 g/mol. The largest absolute Gasteiger partial charge is 0.343 e. The number of amides is 1. The lowest BCUT2D eigenvalue weighted by Crippen LogP contribution is -2.56. The highest BCUT2D eigenvalue weighted by molar-refractivity contribution is 5.73. The van der Waals surface area contributed by atoms with Gasteiger partial charge in [-0.25, -0.2) is 0 Å². The van der Waals surface area contributed by atoms with Gasteiger partial charge in [-0.1, -0.05) is 13.8 Å². The molecule has 4 rings (SSSR count). The third-order valence-electron chi connectivity index (χ3n) is 11.1. The number of nitrogens with zero attached hydrogens (tertiary/aromatic N) is 2. The minimum atomic E-state index is 0.226. The average Bonchev–Trinajstić information content (AvgIpc) is 3.03. The van der Waals surface area contributed by atoms with E-state index in [2.05, 4.69) is 39.8 Å². The smallest absolute Gasteiger partial charge is 0.219 e. The van der Waals surface area contributed by atoms with Crippen molar-refractivity contribution in [3.05, 3.63) is 0 Å². The highest BCUT2D eigenvalue weighted by Gasteiger charge is 2.61. The number of hydrogen-bond acceptors (Lipinski definition) is 2. The second-order valence-electron chi connectivity index (χ2n) is 12.1. The predicted octanol–water partition coefficient (Wildman–Crippen LogP) is 5.44. The van der Waals surface area contributed by atoms with E-state index in [9.17, 15) is 4.79 Å². The van der Waals surface area contributed by atoms with Crippen molar-refractivity contribution in [1.82, 2.24) is 9.80 Å². The minimum absolute atomic E-state index is 0.226. The molecule has 3 nitrogen and oxygen atoms in total. The highest BCUT2D eigenvalue weighted by Crippen LogP contribution is 2.68. The van der Waals surface area contributed by atoms with Gasteiger partial charge in [0.15, 0.2) is 0 Å². The van der Waals surface area contributed by atoms with Gasteiger partial charge in [-0.15, -0.1) is 0 Å². The van der Waals surface area contributed by atoms with E-state index in [1.807, 2.05) is 11.9 Å². The normalized spacial score (nSPS) is 47.9. The van der Waals surface area contributed by atoms with Gasteiger partial charge in [-0.2, -0.15) is 0 Å². The van der Waals surface area contributed by atoms with E-state index in [1.165, 1.54) is 57.8 Å². The molecule has 3 heteroatoms. The predicted molar refractivity (Wildman–Crippen MR) is 121 cm³/mol. The molecular formula is C26H46N2O. The summed E-state index contributed by atoms with van der Waals surface area (Å²) >= 11 is 0. The molecule has 4 aliphatic carbocycles. The average molecular weight is 403 g/mol. The summed E-state index contributed by atoms with van der Waals surface area (Å²) in [6, 6.07) is 1.18. The summed E-state index contributed by atoms with van der Waals surface area (Å²) < 4.78 is 0. The molecule has 0 aromatic rings. The molecule has 0 aromatic carbocycles. The third-order valence-corrected chi connectivity index (χ3v) is 11.1. The summed E-state index contributed by atoms with van der Waals surface area (Å²) in [5.74, 6) is 4.61. The molecule has 0 spiro atoms. The summed E-state index contributed by atoms with van der Waals surface area (Å²) in [5.41, 5.74) is 1.02. The zero-order valence-corrected chi connectivity index (χ0v) is 20.2. The van der Waals surface area contributed by atoms with E-state index in [-0.39, 0.29) is 5.91 Å². The van der Waals surface area contributed by atoms with Crippen LogP contribution >= 0.6 is 0 Å². The molecule has 4 fully saturated rings. The molecule has 1 amide bonds. The lowest BCUT2D eigenvalue weighted by molar-refractivity contribution is -0.135. The van der Waals surface area contributed by atoms with Crippen molar-refractivity contribution in [1.29, 1.82) is 0 Å². The molecule has 0 N–H and O–H groups in total. The van der Waals surface area contributed by atoms with Gasteiger partial charge in [0.1, 0.15) is 0 Å². The van der Waals surface area contributed by atoms with Crippen LogP contribution in [0.15, 0.2) is 0 Å². The molecular weight excluding hydrogens is 356 g/mol. The SMILES string of the molecule is CC(=O)N(C)C(C)C1CCC2C3CCC4C[C@@H](N(C)C)CC[C@]4(C)C3CC[C@@]21C. The number of fused-ring (bicyclic) bond motifs is 5. The fourth-order valence-electron chi connectivity index (χ4n) is 9.09. The summed E-state index contributed by atoms with van der Waals surface area (Å²) in [6.45, 7) is 9.33. The Kier molecular flexibility index (Phi) is 5.63. The van der Waals surface area contributed by atoms with Crippen LogP contribution in [0, 0.1) is 40.4 Å². The van der Waals surface area contributed by atoms with Gasteiger partial charge < -0.3 is 9.80 Å². The minimum Gasteiger partial charge on any atom is -0.343 e. The van der Waals surface area contributed by atoms with Gasteiger partial charge in [0.2, 0.25) is 5.91 Å². The van der Waals surface area contributed by atoms with Crippen molar-refractivity contribution in [2.45, 2.75) is 97.6 Å². The van der Waals surface area contributed by atoms with Crippen molar-refractivity contribution >= 4 is 5.91 Å². The van der Waals surface area contributed by atoms with E-state index in [4.69, 9.17) is 0 Å². The van der Waals surface area contributed by atoms with Crippen LogP contribution in [0.2, 0.25) is 0 Å². The molecule has 0 bridgehead atoms. The van der Waals surface area contributed by atoms with Crippen LogP contribution in [0.5, 0.6) is 0 Å². The molecule has 0 saturated heterocycles. The standard InChI is InChI=1S/C26H46N2O/c1-17(28(7)18(2)29)22-10-11-23-21-9-8-19-16-20(27(5)6)12-14-25(19,3)24(21)13-15-26(22,23)4/h17,19-24H,8-16H2,1-7H3/t17?,19?,20-,21?,22?,23?,24?,25-,26+/m0/s1. The lowest BCUT2D eigenvalue weighted by Gasteiger charge is -2.62. The molecule has 29 heavy (non-hydrogen) atoms. The van der Waals surface area contributed by atoms with Gasteiger partial charge in [0.25, 0.3) is 0 Å². The van der Waals surface area contributed by atoms with E-state index < -0.39 is 0 Å². The second-order valence-corrected chi connectivity index (χ2v) is 12.1. The first-order valence-electron chi connectivity index (χ1n) is 12.5. The topological polar surface area (TPSA) is 23.6 Å². The van der Waals surface area contributed by atoms with Crippen LogP contribution in [0.1, 0.15) is 85.5 Å². The molecule has 0 aliphatic heterocycles. The Hall–Kier alpha value is -0.570. The maximum Gasteiger partial charge on any atom is 0.219 e. The van der Waals surface area contributed by atoms with Gasteiger partial charge >= 0.3 is 0 Å². The zero-order valence-electron chi connectivity index (χ0n) is 20.2. The zero-order chi connectivity index (χ0) is 21.1. The van der Waals surface area contributed by atoms with Crippen molar-refractivity contribution in [2.75, 3.05) is 21.1 Å². The summed E-state index contributed by atoms with van der Waals surface area (Å²) in [4.78, 5) is 16.5. The van der Waals surface area contributed by atoms with Crippen molar-refractivity contribution in [3.8, 4) is 0 Å². The molecule has 0 radical (unpaired) electrons. The molecule has 0 heterocycles. The Balaban J connectivity index is 1.53.